The number of carboxylic acid groups (broad SMARTS) is 2. The molecule has 38 heavy (non-hydrogen) atoms. The summed E-state index contributed by atoms with van der Waals surface area (Å²) in [5, 5.41) is 19.4. The van der Waals surface area contributed by atoms with Gasteiger partial charge in [-0.2, -0.15) is 0 Å². The molecule has 218 valence electrons. The first-order valence-corrected chi connectivity index (χ1v) is 13.6. The topological polar surface area (TPSA) is 130 Å². The van der Waals surface area contributed by atoms with Crippen LogP contribution in [0.3, 0.4) is 0 Å². The quantitative estimate of drug-likeness (QED) is 0.166. The average Bonchev–Trinajstić information content (AvgIpc) is 2.90. The number of carbonyl (C=O) groups is 2. The van der Waals surface area contributed by atoms with Gasteiger partial charge in [0.1, 0.15) is 0 Å². The van der Waals surface area contributed by atoms with Crippen molar-refractivity contribution in [3.63, 3.8) is 0 Å². The first kappa shape index (κ1) is 33.9. The number of aromatic carboxylic acids is 2. The molecule has 0 amide bonds. The lowest BCUT2D eigenvalue weighted by Gasteiger charge is -2.16. The Labute approximate surface area is 226 Å². The van der Waals surface area contributed by atoms with Crippen LogP contribution >= 0.6 is 0 Å². The molecule has 1 aromatic rings. The summed E-state index contributed by atoms with van der Waals surface area (Å²) in [5.74, 6) is -2.22. The van der Waals surface area contributed by atoms with E-state index in [1.54, 1.807) is 0 Å². The van der Waals surface area contributed by atoms with Gasteiger partial charge in [0, 0.05) is 13.2 Å². The zero-order valence-corrected chi connectivity index (χ0v) is 23.0. The molecule has 0 unspecified atom stereocenters. The minimum Gasteiger partial charge on any atom is -0.478 e. The smallest absolute Gasteiger partial charge is 0.335 e. The van der Waals surface area contributed by atoms with Gasteiger partial charge in [0.25, 0.3) is 0 Å². The maximum absolute atomic E-state index is 11.8. The fourth-order valence-electron chi connectivity index (χ4n) is 3.59. The molecule has 10 nitrogen and oxygen atoms in total. The SMILES string of the molecule is CCCCOCCOCCOCCc1c(C(=O)O)ccc(C(=O)O)c1CCOCCOCCOCCCC. The van der Waals surface area contributed by atoms with Gasteiger partial charge in [-0.15, -0.1) is 0 Å². The molecule has 0 saturated carbocycles. The van der Waals surface area contributed by atoms with Crippen LogP contribution in [-0.4, -0.2) is 101 Å². The standard InChI is InChI=1S/C28H46O10/c1-3-5-11-33-15-19-37-21-17-35-13-9-23-24(26(28(31)32)8-7-25(23)27(29)30)10-14-36-18-22-38-20-16-34-12-6-4-2/h7-8H,3-6,9-22H2,1-2H3,(H,29,30)(H,31,32). The van der Waals surface area contributed by atoms with Crippen LogP contribution in [0.15, 0.2) is 12.1 Å². The van der Waals surface area contributed by atoms with Gasteiger partial charge < -0.3 is 38.6 Å². The van der Waals surface area contributed by atoms with Gasteiger partial charge >= 0.3 is 11.9 Å². The number of ether oxygens (including phenoxy) is 6. The number of hydrogen-bond donors (Lipinski definition) is 2. The predicted molar refractivity (Wildman–Crippen MR) is 142 cm³/mol. The van der Waals surface area contributed by atoms with Crippen LogP contribution in [0.25, 0.3) is 0 Å². The third-order valence-electron chi connectivity index (χ3n) is 5.66. The minimum atomic E-state index is -1.11. The van der Waals surface area contributed by atoms with Crippen molar-refractivity contribution in [2.75, 3.05) is 79.3 Å². The van der Waals surface area contributed by atoms with Crippen molar-refractivity contribution >= 4 is 11.9 Å². The number of rotatable bonds is 26. The molecule has 0 heterocycles. The molecule has 2 N–H and O–H groups in total. The van der Waals surface area contributed by atoms with E-state index in [1.807, 2.05) is 0 Å². The fourth-order valence-corrected chi connectivity index (χ4v) is 3.59. The highest BCUT2D eigenvalue weighted by Crippen LogP contribution is 2.22. The van der Waals surface area contributed by atoms with E-state index < -0.39 is 11.9 Å². The van der Waals surface area contributed by atoms with Gasteiger partial charge in [0.2, 0.25) is 0 Å². The molecule has 0 aliphatic rings. The van der Waals surface area contributed by atoms with Crippen molar-refractivity contribution < 1.29 is 48.2 Å². The molecule has 1 rings (SSSR count). The number of carboxylic acids is 2. The maximum Gasteiger partial charge on any atom is 0.335 e. The molecule has 0 bridgehead atoms. The lowest BCUT2D eigenvalue weighted by molar-refractivity contribution is 0.0140. The lowest BCUT2D eigenvalue weighted by Crippen LogP contribution is -2.17. The molecule has 0 radical (unpaired) electrons. The molecule has 0 saturated heterocycles. The van der Waals surface area contributed by atoms with Gasteiger partial charge in [0.05, 0.1) is 77.2 Å². The zero-order chi connectivity index (χ0) is 27.8. The molecule has 0 aromatic heterocycles. The first-order valence-electron chi connectivity index (χ1n) is 13.6. The van der Waals surface area contributed by atoms with E-state index in [4.69, 9.17) is 28.4 Å². The van der Waals surface area contributed by atoms with Crippen LogP contribution in [0.5, 0.6) is 0 Å². The van der Waals surface area contributed by atoms with Gasteiger partial charge in [0.15, 0.2) is 0 Å². The second-order valence-electron chi connectivity index (χ2n) is 8.61. The Morgan fingerprint density at radius 2 is 0.816 bits per heavy atom. The first-order chi connectivity index (χ1) is 18.5. The maximum atomic E-state index is 11.8. The van der Waals surface area contributed by atoms with Gasteiger partial charge in [-0.3, -0.25) is 0 Å². The van der Waals surface area contributed by atoms with Crippen molar-refractivity contribution in [2.24, 2.45) is 0 Å². The highest BCUT2D eigenvalue weighted by Gasteiger charge is 2.20. The van der Waals surface area contributed by atoms with Crippen molar-refractivity contribution in [3.8, 4) is 0 Å². The third-order valence-corrected chi connectivity index (χ3v) is 5.66. The van der Waals surface area contributed by atoms with E-state index in [0.717, 1.165) is 38.9 Å². The Morgan fingerprint density at radius 1 is 0.526 bits per heavy atom. The van der Waals surface area contributed by atoms with E-state index in [1.165, 1.54) is 12.1 Å². The minimum absolute atomic E-state index is 0.0699. The summed E-state index contributed by atoms with van der Waals surface area (Å²) < 4.78 is 33.0. The normalized spacial score (nSPS) is 11.2. The van der Waals surface area contributed by atoms with Gasteiger partial charge in [-0.1, -0.05) is 26.7 Å². The summed E-state index contributed by atoms with van der Waals surface area (Å²) in [5.41, 5.74) is 1.04. The average molecular weight is 543 g/mol. The molecule has 0 aliphatic heterocycles. The van der Waals surface area contributed by atoms with E-state index >= 15 is 0 Å². The monoisotopic (exact) mass is 542 g/mol. The second kappa shape index (κ2) is 22.9. The third kappa shape index (κ3) is 15.4. The van der Waals surface area contributed by atoms with Crippen LogP contribution in [-0.2, 0) is 41.3 Å². The molecular formula is C28H46O10. The summed E-state index contributed by atoms with van der Waals surface area (Å²) in [6, 6.07) is 2.67. The van der Waals surface area contributed by atoms with Crippen molar-refractivity contribution in [3.05, 3.63) is 34.4 Å². The number of benzene rings is 1. The molecule has 0 fully saturated rings. The van der Waals surface area contributed by atoms with E-state index in [-0.39, 0.29) is 37.2 Å². The molecular weight excluding hydrogens is 496 g/mol. The van der Waals surface area contributed by atoms with Crippen LogP contribution in [0.1, 0.15) is 71.4 Å². The Bertz CT molecular complexity index is 705. The molecule has 0 spiro atoms. The molecule has 0 atom stereocenters. The van der Waals surface area contributed by atoms with Crippen LogP contribution in [0.4, 0.5) is 0 Å². The predicted octanol–water partition coefficient (Wildman–Crippen LogP) is 3.87. The summed E-state index contributed by atoms with van der Waals surface area (Å²) in [6.07, 6.45) is 4.77. The Morgan fingerprint density at radius 3 is 1.11 bits per heavy atom. The van der Waals surface area contributed by atoms with E-state index in [9.17, 15) is 19.8 Å². The second-order valence-corrected chi connectivity index (χ2v) is 8.61. The Kier molecular flexibility index (Phi) is 20.4. The summed E-state index contributed by atoms with van der Waals surface area (Å²) >= 11 is 0. The lowest BCUT2D eigenvalue weighted by atomic mass is 9.92. The fraction of sp³-hybridized carbons (Fsp3) is 0.714. The van der Waals surface area contributed by atoms with Crippen molar-refractivity contribution in [2.45, 2.75) is 52.4 Å². The molecule has 1 aromatic carbocycles. The van der Waals surface area contributed by atoms with Crippen LogP contribution < -0.4 is 0 Å². The summed E-state index contributed by atoms with van der Waals surface area (Å²) in [4.78, 5) is 23.7. The number of unbranched alkanes of at least 4 members (excludes halogenated alkanes) is 2. The van der Waals surface area contributed by atoms with Crippen LogP contribution in [0, 0.1) is 0 Å². The number of hydrogen-bond acceptors (Lipinski definition) is 8. The summed E-state index contributed by atoms with van der Waals surface area (Å²) in [6.45, 7) is 9.67. The van der Waals surface area contributed by atoms with E-state index in [0.29, 0.717) is 64.0 Å². The Balaban J connectivity index is 2.49. The Hall–Kier alpha value is -2.08. The molecule has 10 heteroatoms. The molecule has 0 aliphatic carbocycles. The largest absolute Gasteiger partial charge is 0.478 e. The highest BCUT2D eigenvalue weighted by atomic mass is 16.5. The zero-order valence-electron chi connectivity index (χ0n) is 23.0. The highest BCUT2D eigenvalue weighted by molar-refractivity contribution is 5.95. The van der Waals surface area contributed by atoms with Gasteiger partial charge in [-0.05, 0) is 48.9 Å². The van der Waals surface area contributed by atoms with E-state index in [2.05, 4.69) is 13.8 Å². The van der Waals surface area contributed by atoms with Crippen molar-refractivity contribution in [1.29, 1.82) is 0 Å². The summed E-state index contributed by atoms with van der Waals surface area (Å²) in [7, 11) is 0. The van der Waals surface area contributed by atoms with Crippen molar-refractivity contribution in [1.82, 2.24) is 0 Å². The van der Waals surface area contributed by atoms with Gasteiger partial charge in [-0.25, -0.2) is 9.59 Å². The van der Waals surface area contributed by atoms with Crippen LogP contribution in [0.2, 0.25) is 0 Å².